The van der Waals surface area contributed by atoms with Gasteiger partial charge in [-0.15, -0.1) is 24.0 Å². The monoisotopic (exact) mass is 473 g/mol. The lowest BCUT2D eigenvalue weighted by atomic mass is 10.2. The van der Waals surface area contributed by atoms with Crippen LogP contribution in [0.15, 0.2) is 29.3 Å². The average Bonchev–Trinajstić information content (AvgIpc) is 3.07. The van der Waals surface area contributed by atoms with E-state index in [1.165, 1.54) is 19.4 Å². The lowest BCUT2D eigenvalue weighted by Gasteiger charge is -2.23. The third kappa shape index (κ3) is 7.49. The summed E-state index contributed by atoms with van der Waals surface area (Å²) in [4.78, 5) is 18.5. The number of anilines is 1. The van der Waals surface area contributed by atoms with Crippen molar-refractivity contribution in [3.63, 3.8) is 0 Å². The van der Waals surface area contributed by atoms with Crippen molar-refractivity contribution in [1.82, 2.24) is 10.2 Å². The number of amides is 1. The second kappa shape index (κ2) is 12.1. The molecule has 1 aromatic carbocycles. The van der Waals surface area contributed by atoms with Gasteiger partial charge in [0, 0.05) is 24.7 Å². The third-order valence-electron chi connectivity index (χ3n) is 4.57. The molecule has 1 saturated heterocycles. The highest BCUT2D eigenvalue weighted by Gasteiger charge is 2.22. The van der Waals surface area contributed by atoms with Gasteiger partial charge >= 0.3 is 0 Å². The number of guanidine groups is 1. The molecule has 1 unspecified atom stereocenters. The van der Waals surface area contributed by atoms with E-state index >= 15 is 0 Å². The van der Waals surface area contributed by atoms with Gasteiger partial charge in [-0.3, -0.25) is 9.69 Å². The first kappa shape index (κ1) is 22.7. The summed E-state index contributed by atoms with van der Waals surface area (Å²) >= 11 is 0. The smallest absolute Gasteiger partial charge is 0.224 e. The zero-order valence-corrected chi connectivity index (χ0v) is 18.2. The van der Waals surface area contributed by atoms with Gasteiger partial charge in [0.2, 0.25) is 5.91 Å². The molecular weight excluding hydrogens is 441 g/mol. The quantitative estimate of drug-likeness (QED) is 0.308. The van der Waals surface area contributed by atoms with Crippen molar-refractivity contribution in [3.8, 4) is 0 Å². The number of nitrogens with two attached hydrogens (primary N) is 1. The number of likely N-dealkylation sites (tertiary alicyclic amines) is 1. The molecule has 4 N–H and O–H groups in total. The maximum Gasteiger partial charge on any atom is 0.224 e. The Hall–Kier alpha value is -1.35. The van der Waals surface area contributed by atoms with Gasteiger partial charge in [-0.05, 0) is 50.0 Å². The summed E-state index contributed by atoms with van der Waals surface area (Å²) in [6, 6.07) is 8.30. The zero-order chi connectivity index (χ0) is 18.1. The molecule has 0 aromatic heterocycles. The molecule has 146 valence electrons. The predicted octanol–water partition coefficient (Wildman–Crippen LogP) is 2.93. The Morgan fingerprint density at radius 2 is 2.04 bits per heavy atom. The molecule has 0 aliphatic carbocycles. The van der Waals surface area contributed by atoms with Crippen molar-refractivity contribution in [2.45, 2.75) is 52.1 Å². The Kier molecular flexibility index (Phi) is 10.6. The molecule has 2 rings (SSSR count). The summed E-state index contributed by atoms with van der Waals surface area (Å²) in [7, 11) is 0. The fraction of sp³-hybridized carbons (Fsp3) is 0.579. The van der Waals surface area contributed by atoms with Crippen LogP contribution in [0.2, 0.25) is 0 Å². The Morgan fingerprint density at radius 1 is 1.31 bits per heavy atom. The number of nitrogens with zero attached hydrogens (tertiary/aromatic N) is 2. The number of halogens is 1. The van der Waals surface area contributed by atoms with Gasteiger partial charge < -0.3 is 16.4 Å². The molecule has 26 heavy (non-hydrogen) atoms. The van der Waals surface area contributed by atoms with E-state index < -0.39 is 0 Å². The maximum absolute atomic E-state index is 11.6. The molecule has 1 atom stereocenters. The van der Waals surface area contributed by atoms with Crippen LogP contribution >= 0.6 is 24.0 Å². The van der Waals surface area contributed by atoms with Crippen molar-refractivity contribution >= 4 is 41.5 Å². The van der Waals surface area contributed by atoms with Gasteiger partial charge in [-0.1, -0.05) is 26.0 Å². The van der Waals surface area contributed by atoms with E-state index in [0.29, 0.717) is 25.0 Å². The lowest BCUT2D eigenvalue weighted by Crippen LogP contribution is -2.42. The molecule has 0 spiro atoms. The minimum Gasteiger partial charge on any atom is -0.370 e. The number of rotatable bonds is 8. The van der Waals surface area contributed by atoms with E-state index in [2.05, 4.69) is 27.4 Å². The van der Waals surface area contributed by atoms with E-state index in [-0.39, 0.29) is 29.9 Å². The van der Waals surface area contributed by atoms with E-state index in [9.17, 15) is 4.79 Å². The first-order chi connectivity index (χ1) is 12.1. The summed E-state index contributed by atoms with van der Waals surface area (Å²) in [5.74, 6) is 0.540. The molecule has 1 amide bonds. The zero-order valence-electron chi connectivity index (χ0n) is 15.8. The minimum atomic E-state index is 0. The van der Waals surface area contributed by atoms with Gasteiger partial charge in [-0.2, -0.15) is 0 Å². The van der Waals surface area contributed by atoms with Crippen LogP contribution in [0.3, 0.4) is 0 Å². The van der Waals surface area contributed by atoms with Gasteiger partial charge in [-0.25, -0.2) is 4.99 Å². The highest BCUT2D eigenvalue weighted by atomic mass is 127. The molecule has 7 heteroatoms. The van der Waals surface area contributed by atoms with E-state index in [1.54, 1.807) is 0 Å². The Morgan fingerprint density at radius 3 is 2.69 bits per heavy atom. The van der Waals surface area contributed by atoms with Gasteiger partial charge in [0.25, 0.3) is 0 Å². The number of carbonyl (C=O) groups excluding carboxylic acids is 1. The Balaban J connectivity index is 0.00000338. The molecule has 0 radical (unpaired) electrons. The normalized spacial score (nSPS) is 17.6. The molecule has 1 aliphatic heterocycles. The van der Waals surface area contributed by atoms with Crippen molar-refractivity contribution < 1.29 is 4.79 Å². The van der Waals surface area contributed by atoms with Crippen LogP contribution < -0.4 is 16.4 Å². The second-order valence-corrected chi connectivity index (χ2v) is 6.50. The SMILES string of the molecule is CCCC(=O)Nc1ccc(CN=C(N)NCC2CCCN2CC)cc1.I. The van der Waals surface area contributed by atoms with Gasteiger partial charge in [0.05, 0.1) is 6.54 Å². The van der Waals surface area contributed by atoms with Crippen molar-refractivity contribution in [3.05, 3.63) is 29.8 Å². The van der Waals surface area contributed by atoms with Crippen LogP contribution in [0, 0.1) is 0 Å². The summed E-state index contributed by atoms with van der Waals surface area (Å²) in [6.45, 7) is 7.84. The maximum atomic E-state index is 11.6. The summed E-state index contributed by atoms with van der Waals surface area (Å²) in [5.41, 5.74) is 7.86. The average molecular weight is 473 g/mol. The highest BCUT2D eigenvalue weighted by molar-refractivity contribution is 14.0. The number of benzene rings is 1. The number of nitrogens with one attached hydrogen (secondary N) is 2. The van der Waals surface area contributed by atoms with E-state index in [0.717, 1.165) is 30.8 Å². The van der Waals surface area contributed by atoms with Crippen LogP contribution in [-0.4, -0.2) is 42.4 Å². The molecular formula is C19H32IN5O. The molecule has 1 heterocycles. The first-order valence-electron chi connectivity index (χ1n) is 9.29. The molecule has 1 aliphatic rings. The second-order valence-electron chi connectivity index (χ2n) is 6.50. The van der Waals surface area contributed by atoms with E-state index in [4.69, 9.17) is 5.73 Å². The highest BCUT2D eigenvalue weighted by Crippen LogP contribution is 2.15. The summed E-state index contributed by atoms with van der Waals surface area (Å²) in [5, 5.41) is 6.12. The van der Waals surface area contributed by atoms with Crippen molar-refractivity contribution in [1.29, 1.82) is 0 Å². The number of hydrogen-bond acceptors (Lipinski definition) is 3. The fourth-order valence-corrected chi connectivity index (χ4v) is 3.14. The van der Waals surface area contributed by atoms with Gasteiger partial charge in [0.15, 0.2) is 5.96 Å². The number of carbonyl (C=O) groups is 1. The topological polar surface area (TPSA) is 82.8 Å². The Bertz CT molecular complexity index is 576. The molecule has 0 saturated carbocycles. The number of aliphatic imine (C=N–C) groups is 1. The fourth-order valence-electron chi connectivity index (χ4n) is 3.14. The van der Waals surface area contributed by atoms with E-state index in [1.807, 2.05) is 31.2 Å². The van der Waals surface area contributed by atoms with Crippen LogP contribution in [-0.2, 0) is 11.3 Å². The first-order valence-corrected chi connectivity index (χ1v) is 9.29. The molecule has 1 aromatic rings. The van der Waals surface area contributed by atoms with Crippen LogP contribution in [0.1, 0.15) is 45.1 Å². The molecule has 0 bridgehead atoms. The van der Waals surface area contributed by atoms with Gasteiger partial charge in [0.1, 0.15) is 0 Å². The summed E-state index contributed by atoms with van der Waals surface area (Å²) in [6.07, 6.45) is 3.88. The Labute approximate surface area is 174 Å². The van der Waals surface area contributed by atoms with Crippen molar-refractivity contribution in [2.24, 2.45) is 10.7 Å². The third-order valence-corrected chi connectivity index (χ3v) is 4.57. The minimum absolute atomic E-state index is 0. The molecule has 6 nitrogen and oxygen atoms in total. The lowest BCUT2D eigenvalue weighted by molar-refractivity contribution is -0.116. The van der Waals surface area contributed by atoms with Crippen LogP contribution in [0.25, 0.3) is 0 Å². The standard InChI is InChI=1S/C19H31N5O.HI/c1-3-6-18(25)23-16-10-8-15(9-11-16)13-21-19(20)22-14-17-7-5-12-24(17)4-2;/h8-11,17H,3-7,12-14H2,1-2H3,(H,23,25)(H3,20,21,22);1H. The predicted molar refractivity (Wildman–Crippen MR) is 119 cm³/mol. The van der Waals surface area contributed by atoms with Crippen molar-refractivity contribution in [2.75, 3.05) is 25.0 Å². The number of hydrogen-bond donors (Lipinski definition) is 3. The number of likely N-dealkylation sites (N-methyl/N-ethyl adjacent to an activating group) is 1. The van der Waals surface area contributed by atoms with Crippen LogP contribution in [0.5, 0.6) is 0 Å². The largest absolute Gasteiger partial charge is 0.370 e. The summed E-state index contributed by atoms with van der Waals surface area (Å²) < 4.78 is 0. The van der Waals surface area contributed by atoms with Crippen LogP contribution in [0.4, 0.5) is 5.69 Å². The molecule has 1 fully saturated rings.